The summed E-state index contributed by atoms with van der Waals surface area (Å²) in [6.07, 6.45) is 0. The topological polar surface area (TPSA) is 80.9 Å². The van der Waals surface area contributed by atoms with Crippen molar-refractivity contribution in [2.75, 3.05) is 11.1 Å². The van der Waals surface area contributed by atoms with E-state index in [4.69, 9.17) is 16.0 Å². The Morgan fingerprint density at radius 3 is 2.84 bits per heavy atom. The van der Waals surface area contributed by atoms with Crippen LogP contribution >= 0.6 is 34.7 Å². The van der Waals surface area contributed by atoms with Crippen LogP contribution in [0.25, 0.3) is 10.8 Å². The molecule has 0 atom stereocenters. The summed E-state index contributed by atoms with van der Waals surface area (Å²) >= 11 is 8.74. The molecule has 9 heteroatoms. The SMILES string of the molecule is Cc1nc(C)c(-c2nnc(SCC(=O)Nc3cccc(Cl)c3C)o2)s1. The van der Waals surface area contributed by atoms with Gasteiger partial charge in [-0.15, -0.1) is 21.5 Å². The molecular formula is C16H15ClN4O2S2. The van der Waals surface area contributed by atoms with Crippen molar-refractivity contribution in [3.8, 4) is 10.8 Å². The Kier molecular flexibility index (Phi) is 5.41. The number of hydrogen-bond acceptors (Lipinski definition) is 7. The van der Waals surface area contributed by atoms with Gasteiger partial charge in [0, 0.05) is 10.7 Å². The summed E-state index contributed by atoms with van der Waals surface area (Å²) in [5.74, 6) is 0.422. The van der Waals surface area contributed by atoms with Crippen molar-refractivity contribution in [2.24, 2.45) is 0 Å². The Labute approximate surface area is 158 Å². The van der Waals surface area contributed by atoms with Crippen LogP contribution < -0.4 is 5.32 Å². The van der Waals surface area contributed by atoms with Crippen molar-refractivity contribution in [3.63, 3.8) is 0 Å². The summed E-state index contributed by atoms with van der Waals surface area (Å²) < 4.78 is 5.62. The first-order chi connectivity index (χ1) is 11.9. The minimum absolute atomic E-state index is 0.161. The first-order valence-corrected chi connectivity index (χ1v) is 9.57. The van der Waals surface area contributed by atoms with E-state index in [2.05, 4.69) is 20.5 Å². The summed E-state index contributed by atoms with van der Waals surface area (Å²) in [6.45, 7) is 5.68. The van der Waals surface area contributed by atoms with Gasteiger partial charge in [0.1, 0.15) is 4.88 Å². The lowest BCUT2D eigenvalue weighted by Crippen LogP contribution is -2.14. The lowest BCUT2D eigenvalue weighted by Gasteiger charge is -2.08. The quantitative estimate of drug-likeness (QED) is 0.641. The fourth-order valence-electron chi connectivity index (χ4n) is 2.15. The van der Waals surface area contributed by atoms with Crippen molar-refractivity contribution in [2.45, 2.75) is 26.0 Å². The van der Waals surface area contributed by atoms with E-state index in [1.807, 2.05) is 26.8 Å². The van der Waals surface area contributed by atoms with Gasteiger partial charge in [-0.25, -0.2) is 4.98 Å². The Hall–Kier alpha value is -1.90. The van der Waals surface area contributed by atoms with Gasteiger partial charge in [-0.1, -0.05) is 29.4 Å². The predicted octanol–water partition coefficient (Wildman–Crippen LogP) is 4.50. The van der Waals surface area contributed by atoms with E-state index in [9.17, 15) is 4.79 Å². The van der Waals surface area contributed by atoms with Crippen LogP contribution in [0.4, 0.5) is 5.69 Å². The van der Waals surface area contributed by atoms with Gasteiger partial charge in [0.05, 0.1) is 16.5 Å². The van der Waals surface area contributed by atoms with Gasteiger partial charge in [0.15, 0.2) is 0 Å². The minimum atomic E-state index is -0.167. The Bertz CT molecular complexity index is 923. The third-order valence-electron chi connectivity index (χ3n) is 3.37. The zero-order valence-corrected chi connectivity index (χ0v) is 16.2. The van der Waals surface area contributed by atoms with Gasteiger partial charge in [-0.2, -0.15) is 0 Å². The fraction of sp³-hybridized carbons (Fsp3) is 0.250. The molecular weight excluding hydrogens is 380 g/mol. The van der Waals surface area contributed by atoms with Crippen LogP contribution in [0.2, 0.25) is 5.02 Å². The van der Waals surface area contributed by atoms with Crippen molar-refractivity contribution < 1.29 is 9.21 Å². The molecule has 130 valence electrons. The number of benzene rings is 1. The molecule has 0 aliphatic heterocycles. The van der Waals surface area contributed by atoms with Crippen molar-refractivity contribution in [1.29, 1.82) is 0 Å². The highest BCUT2D eigenvalue weighted by Crippen LogP contribution is 2.30. The van der Waals surface area contributed by atoms with E-state index < -0.39 is 0 Å². The van der Waals surface area contributed by atoms with Crippen LogP contribution in [0, 0.1) is 20.8 Å². The summed E-state index contributed by atoms with van der Waals surface area (Å²) in [5, 5.41) is 12.7. The number of amides is 1. The molecule has 2 heterocycles. The molecule has 3 aromatic rings. The molecule has 0 radical (unpaired) electrons. The summed E-state index contributed by atoms with van der Waals surface area (Å²) in [7, 11) is 0. The highest BCUT2D eigenvalue weighted by atomic mass is 35.5. The fourth-order valence-corrected chi connectivity index (χ4v) is 3.72. The first-order valence-electron chi connectivity index (χ1n) is 7.39. The number of halogens is 1. The maximum absolute atomic E-state index is 12.1. The lowest BCUT2D eigenvalue weighted by molar-refractivity contribution is -0.113. The molecule has 0 saturated heterocycles. The van der Waals surface area contributed by atoms with Gasteiger partial charge in [0.25, 0.3) is 11.1 Å². The first kappa shape index (κ1) is 17.9. The minimum Gasteiger partial charge on any atom is -0.410 e. The highest BCUT2D eigenvalue weighted by molar-refractivity contribution is 7.99. The van der Waals surface area contributed by atoms with Gasteiger partial charge in [0.2, 0.25) is 5.91 Å². The third-order valence-corrected chi connectivity index (χ3v) is 5.66. The van der Waals surface area contributed by atoms with Crippen LogP contribution in [0.5, 0.6) is 0 Å². The van der Waals surface area contributed by atoms with E-state index >= 15 is 0 Å². The average molecular weight is 395 g/mol. The predicted molar refractivity (Wildman–Crippen MR) is 100 cm³/mol. The normalized spacial score (nSPS) is 10.9. The molecule has 6 nitrogen and oxygen atoms in total. The number of thiazole rings is 1. The second-order valence-electron chi connectivity index (χ2n) is 5.27. The number of anilines is 1. The molecule has 0 spiro atoms. The van der Waals surface area contributed by atoms with Crippen molar-refractivity contribution in [3.05, 3.63) is 39.5 Å². The second-order valence-corrected chi connectivity index (χ2v) is 7.81. The van der Waals surface area contributed by atoms with Crippen LogP contribution in [0.1, 0.15) is 16.3 Å². The number of thioether (sulfide) groups is 1. The maximum Gasteiger partial charge on any atom is 0.277 e. The number of aryl methyl sites for hydroxylation is 2. The Morgan fingerprint density at radius 2 is 2.12 bits per heavy atom. The molecule has 1 amide bonds. The molecule has 1 N–H and O–H groups in total. The van der Waals surface area contributed by atoms with Crippen LogP contribution in [-0.4, -0.2) is 26.8 Å². The molecule has 0 aliphatic carbocycles. The summed E-state index contributed by atoms with van der Waals surface area (Å²) in [5.41, 5.74) is 2.38. The van der Waals surface area contributed by atoms with E-state index in [0.29, 0.717) is 21.8 Å². The summed E-state index contributed by atoms with van der Waals surface area (Å²) in [4.78, 5) is 17.3. The second kappa shape index (κ2) is 7.55. The zero-order chi connectivity index (χ0) is 18.0. The largest absolute Gasteiger partial charge is 0.410 e. The van der Waals surface area contributed by atoms with Crippen LogP contribution in [-0.2, 0) is 4.79 Å². The average Bonchev–Trinajstić information content (AvgIpc) is 3.16. The molecule has 0 aliphatic rings. The van der Waals surface area contributed by atoms with Gasteiger partial charge in [-0.3, -0.25) is 4.79 Å². The third kappa shape index (κ3) is 4.20. The molecule has 0 bridgehead atoms. The number of nitrogens with zero attached hydrogens (tertiary/aromatic N) is 3. The lowest BCUT2D eigenvalue weighted by atomic mass is 10.2. The van der Waals surface area contributed by atoms with E-state index in [1.54, 1.807) is 12.1 Å². The molecule has 0 saturated carbocycles. The zero-order valence-electron chi connectivity index (χ0n) is 13.8. The highest BCUT2D eigenvalue weighted by Gasteiger charge is 2.16. The van der Waals surface area contributed by atoms with Gasteiger partial charge < -0.3 is 9.73 Å². The van der Waals surface area contributed by atoms with Gasteiger partial charge in [-0.05, 0) is 38.5 Å². The molecule has 0 fully saturated rings. The van der Waals surface area contributed by atoms with E-state index in [1.165, 1.54) is 23.1 Å². The number of nitrogens with one attached hydrogen (secondary N) is 1. The van der Waals surface area contributed by atoms with E-state index in [0.717, 1.165) is 21.1 Å². The van der Waals surface area contributed by atoms with E-state index in [-0.39, 0.29) is 11.7 Å². The number of rotatable bonds is 5. The molecule has 0 unspecified atom stereocenters. The van der Waals surface area contributed by atoms with Gasteiger partial charge >= 0.3 is 0 Å². The van der Waals surface area contributed by atoms with Crippen LogP contribution in [0.3, 0.4) is 0 Å². The van der Waals surface area contributed by atoms with Crippen LogP contribution in [0.15, 0.2) is 27.8 Å². The maximum atomic E-state index is 12.1. The number of hydrogen-bond donors (Lipinski definition) is 1. The molecule has 2 aromatic heterocycles. The number of aromatic nitrogens is 3. The molecule has 25 heavy (non-hydrogen) atoms. The Balaban J connectivity index is 1.61. The molecule has 1 aromatic carbocycles. The Morgan fingerprint density at radius 1 is 1.32 bits per heavy atom. The monoisotopic (exact) mass is 394 g/mol. The van der Waals surface area contributed by atoms with Crippen molar-refractivity contribution in [1.82, 2.24) is 15.2 Å². The standard InChI is InChI=1S/C16H15ClN4O2S2/c1-8-11(17)5-4-6-12(8)19-13(22)7-24-16-21-20-15(23-16)14-9(2)18-10(3)25-14/h4-6H,7H2,1-3H3,(H,19,22). The molecule has 3 rings (SSSR count). The smallest absolute Gasteiger partial charge is 0.277 e. The van der Waals surface area contributed by atoms with Crippen molar-refractivity contribution >= 4 is 46.3 Å². The number of carbonyl (C=O) groups is 1. The number of carbonyl (C=O) groups excluding carboxylic acids is 1. The summed E-state index contributed by atoms with van der Waals surface area (Å²) in [6, 6.07) is 5.38.